The van der Waals surface area contributed by atoms with Crippen LogP contribution in [0.25, 0.3) is 11.0 Å². The van der Waals surface area contributed by atoms with E-state index in [0.29, 0.717) is 6.01 Å². The zero-order valence-corrected chi connectivity index (χ0v) is 8.34. The molecule has 0 aliphatic carbocycles. The van der Waals surface area contributed by atoms with Gasteiger partial charge in [-0.15, -0.1) is 0 Å². The van der Waals surface area contributed by atoms with Gasteiger partial charge in [-0.3, -0.25) is 4.57 Å². The first kappa shape index (κ1) is 8.44. The fraction of sp³-hybridized carbons (Fsp3) is 0.222. The van der Waals surface area contributed by atoms with E-state index in [-0.39, 0.29) is 0 Å². The molecule has 2 rings (SSSR count). The molecule has 0 aliphatic heterocycles. The number of aryl methyl sites for hydroxylation is 1. The summed E-state index contributed by atoms with van der Waals surface area (Å²) in [5.41, 5.74) is 2.06. The van der Waals surface area contributed by atoms with Gasteiger partial charge in [-0.25, -0.2) is 0 Å². The van der Waals surface area contributed by atoms with Gasteiger partial charge in [0.2, 0.25) is 0 Å². The van der Waals surface area contributed by atoms with Crippen LogP contribution in [0.4, 0.5) is 0 Å². The van der Waals surface area contributed by atoms with E-state index in [9.17, 15) is 0 Å². The summed E-state index contributed by atoms with van der Waals surface area (Å²) in [6, 6.07) is 8.61. The third-order valence-corrected chi connectivity index (χ3v) is 2.22. The molecule has 0 unspecified atom stereocenters. The quantitative estimate of drug-likeness (QED) is 0.686. The van der Waals surface area contributed by atoms with Gasteiger partial charge >= 0.3 is 6.01 Å². The van der Waals surface area contributed by atoms with Crippen LogP contribution in [0.15, 0.2) is 24.3 Å². The number of para-hydroxylation sites is 2. The van der Waals surface area contributed by atoms with Crippen molar-refractivity contribution in [1.29, 1.82) is 0 Å². The van der Waals surface area contributed by atoms with Crippen LogP contribution >= 0.6 is 12.0 Å². The number of hydrogen-bond donors (Lipinski definition) is 0. The third kappa shape index (κ3) is 1.37. The maximum absolute atomic E-state index is 5.29. The van der Waals surface area contributed by atoms with E-state index in [0.717, 1.165) is 11.0 Å². The molecule has 4 heteroatoms. The van der Waals surface area contributed by atoms with Crippen LogP contribution in [0.3, 0.4) is 0 Å². The molecule has 0 radical (unpaired) electrons. The third-order valence-electron chi connectivity index (χ3n) is 1.90. The molecule has 0 saturated carbocycles. The fourth-order valence-corrected chi connectivity index (χ4v) is 1.57. The number of nitrogens with zero attached hydrogens (tertiary/aromatic N) is 2. The number of rotatable bonds is 2. The lowest BCUT2D eigenvalue weighted by atomic mass is 10.3. The maximum Gasteiger partial charge on any atom is 0.309 e. The van der Waals surface area contributed by atoms with E-state index in [2.05, 4.69) is 4.98 Å². The molecule has 3 nitrogen and oxygen atoms in total. The van der Waals surface area contributed by atoms with E-state index in [1.807, 2.05) is 42.1 Å². The fourth-order valence-electron chi connectivity index (χ4n) is 1.27. The molecule has 0 amide bonds. The highest BCUT2D eigenvalue weighted by atomic mass is 32.2. The summed E-state index contributed by atoms with van der Waals surface area (Å²) in [6.07, 6.45) is 1.87. The highest BCUT2D eigenvalue weighted by molar-refractivity contribution is 7.94. The van der Waals surface area contributed by atoms with Crippen LogP contribution in [-0.2, 0) is 7.05 Å². The Morgan fingerprint density at radius 3 is 2.85 bits per heavy atom. The number of aromatic nitrogens is 2. The Bertz CT molecular complexity index is 424. The summed E-state index contributed by atoms with van der Waals surface area (Å²) < 4.78 is 7.23. The van der Waals surface area contributed by atoms with Gasteiger partial charge in [0, 0.05) is 13.3 Å². The lowest BCUT2D eigenvalue weighted by Gasteiger charge is -1.99. The average Bonchev–Trinajstić information content (AvgIpc) is 2.46. The monoisotopic (exact) mass is 194 g/mol. The van der Waals surface area contributed by atoms with Crippen molar-refractivity contribution in [3.63, 3.8) is 0 Å². The molecule has 1 heterocycles. The topological polar surface area (TPSA) is 27.1 Å². The molecule has 0 N–H and O–H groups in total. The normalized spacial score (nSPS) is 10.6. The van der Waals surface area contributed by atoms with Gasteiger partial charge in [0.15, 0.2) is 0 Å². The Hall–Kier alpha value is -1.16. The molecule has 0 fully saturated rings. The Morgan fingerprint density at radius 1 is 1.38 bits per heavy atom. The van der Waals surface area contributed by atoms with E-state index >= 15 is 0 Å². The van der Waals surface area contributed by atoms with Crippen LogP contribution < -0.4 is 4.18 Å². The Balaban J connectivity index is 2.60. The second-order valence-electron chi connectivity index (χ2n) is 2.69. The highest BCUT2D eigenvalue weighted by Crippen LogP contribution is 2.20. The first-order chi connectivity index (χ1) is 6.33. The molecule has 0 spiro atoms. The summed E-state index contributed by atoms with van der Waals surface area (Å²) in [7, 11) is 1.95. The van der Waals surface area contributed by atoms with Gasteiger partial charge in [-0.1, -0.05) is 12.1 Å². The first-order valence-corrected chi connectivity index (χ1v) is 5.10. The molecule has 68 valence electrons. The van der Waals surface area contributed by atoms with Crippen molar-refractivity contribution in [2.75, 3.05) is 6.26 Å². The zero-order chi connectivity index (χ0) is 9.26. The van der Waals surface area contributed by atoms with Crippen molar-refractivity contribution in [2.24, 2.45) is 7.05 Å². The summed E-state index contributed by atoms with van der Waals surface area (Å²) >= 11 is 1.30. The lowest BCUT2D eigenvalue weighted by molar-refractivity contribution is 0.562. The largest absolute Gasteiger partial charge is 0.391 e. The second-order valence-corrected chi connectivity index (χ2v) is 3.19. The minimum atomic E-state index is 0.647. The molecule has 13 heavy (non-hydrogen) atoms. The zero-order valence-electron chi connectivity index (χ0n) is 7.52. The number of benzene rings is 1. The van der Waals surface area contributed by atoms with E-state index in [4.69, 9.17) is 4.18 Å². The van der Waals surface area contributed by atoms with Gasteiger partial charge in [-0.05, 0) is 12.1 Å². The second kappa shape index (κ2) is 3.30. The Kier molecular flexibility index (Phi) is 2.14. The minimum absolute atomic E-state index is 0.647. The van der Waals surface area contributed by atoms with Crippen LogP contribution in [0.1, 0.15) is 0 Å². The predicted molar refractivity (Wildman–Crippen MR) is 54.9 cm³/mol. The Morgan fingerprint density at radius 2 is 2.15 bits per heavy atom. The van der Waals surface area contributed by atoms with Crippen molar-refractivity contribution in [3.8, 4) is 6.01 Å². The summed E-state index contributed by atoms with van der Waals surface area (Å²) in [6.45, 7) is 0. The summed E-state index contributed by atoms with van der Waals surface area (Å²) in [5.74, 6) is 0. The van der Waals surface area contributed by atoms with Crippen molar-refractivity contribution >= 4 is 23.1 Å². The molecule has 1 aromatic heterocycles. The van der Waals surface area contributed by atoms with Crippen LogP contribution in [0, 0.1) is 0 Å². The molecule has 1 aromatic carbocycles. The van der Waals surface area contributed by atoms with Gasteiger partial charge < -0.3 is 4.18 Å². The van der Waals surface area contributed by atoms with Gasteiger partial charge in [0.1, 0.15) is 0 Å². The summed E-state index contributed by atoms with van der Waals surface area (Å²) in [5, 5.41) is 0. The van der Waals surface area contributed by atoms with E-state index in [1.165, 1.54) is 12.0 Å². The molecule has 2 aromatic rings. The molecule has 0 bridgehead atoms. The number of fused-ring (bicyclic) bond motifs is 1. The Labute approximate surface area is 80.9 Å². The number of hydrogen-bond acceptors (Lipinski definition) is 3. The van der Waals surface area contributed by atoms with Crippen molar-refractivity contribution in [3.05, 3.63) is 24.3 Å². The molecular formula is C9H10N2OS. The van der Waals surface area contributed by atoms with Crippen molar-refractivity contribution < 1.29 is 4.18 Å². The summed E-state index contributed by atoms with van der Waals surface area (Å²) in [4.78, 5) is 4.32. The first-order valence-electron chi connectivity index (χ1n) is 3.95. The molecule has 0 atom stereocenters. The molecule has 0 aliphatic rings. The van der Waals surface area contributed by atoms with Crippen LogP contribution in [-0.4, -0.2) is 15.8 Å². The SMILES string of the molecule is CSOc1nc2ccccc2n1C. The van der Waals surface area contributed by atoms with Gasteiger partial charge in [0.25, 0.3) is 0 Å². The maximum atomic E-state index is 5.29. The predicted octanol–water partition coefficient (Wildman–Crippen LogP) is 2.23. The van der Waals surface area contributed by atoms with Gasteiger partial charge in [0.05, 0.1) is 23.1 Å². The lowest BCUT2D eigenvalue weighted by Crippen LogP contribution is -1.91. The molecular weight excluding hydrogens is 184 g/mol. The van der Waals surface area contributed by atoms with Crippen molar-refractivity contribution in [1.82, 2.24) is 9.55 Å². The van der Waals surface area contributed by atoms with Crippen molar-refractivity contribution in [2.45, 2.75) is 0 Å². The van der Waals surface area contributed by atoms with Gasteiger partial charge in [-0.2, -0.15) is 4.98 Å². The number of imidazole rings is 1. The highest BCUT2D eigenvalue weighted by Gasteiger charge is 2.06. The average molecular weight is 194 g/mol. The van der Waals surface area contributed by atoms with E-state index in [1.54, 1.807) is 0 Å². The smallest absolute Gasteiger partial charge is 0.309 e. The van der Waals surface area contributed by atoms with E-state index < -0.39 is 0 Å². The minimum Gasteiger partial charge on any atom is -0.391 e. The molecule has 0 saturated heterocycles. The standard InChI is InChI=1S/C9H10N2OS/c1-11-8-6-4-3-5-7(8)10-9(11)12-13-2/h3-6H,1-2H3. The van der Waals surface area contributed by atoms with Crippen LogP contribution in [0.5, 0.6) is 6.01 Å². The van der Waals surface area contributed by atoms with Crippen LogP contribution in [0.2, 0.25) is 0 Å².